The summed E-state index contributed by atoms with van der Waals surface area (Å²) >= 11 is 9.20. The average Bonchev–Trinajstić information content (AvgIpc) is 3.13. The molecule has 2 aromatic carbocycles. The fraction of sp³-hybridized carbons (Fsp3) is 0.211. The summed E-state index contributed by atoms with van der Waals surface area (Å²) in [6, 6.07) is 9.09. The number of hydrogen-bond acceptors (Lipinski definition) is 5. The van der Waals surface area contributed by atoms with Gasteiger partial charge in [0.25, 0.3) is 0 Å². The second-order valence-electron chi connectivity index (χ2n) is 6.72. The zero-order valence-electron chi connectivity index (χ0n) is 15.7. The minimum absolute atomic E-state index is 0.0260. The minimum Gasteiger partial charge on any atom is -0.338 e. The van der Waals surface area contributed by atoms with Gasteiger partial charge in [0.15, 0.2) is 9.84 Å². The Morgan fingerprint density at radius 3 is 2.43 bits per heavy atom. The van der Waals surface area contributed by atoms with E-state index in [1.165, 1.54) is 24.4 Å². The summed E-state index contributed by atoms with van der Waals surface area (Å²) in [4.78, 5) is 7.20. The highest BCUT2D eigenvalue weighted by Gasteiger charge is 2.20. The molecule has 30 heavy (non-hydrogen) atoms. The maximum atomic E-state index is 13.8. The van der Waals surface area contributed by atoms with Gasteiger partial charge in [-0.3, -0.25) is 0 Å². The molecule has 0 amide bonds. The number of benzene rings is 2. The fourth-order valence-corrected chi connectivity index (χ4v) is 5.77. The third kappa shape index (κ3) is 5.48. The lowest BCUT2D eigenvalue weighted by Gasteiger charge is -2.08. The molecule has 0 radical (unpaired) electrons. The third-order valence-electron chi connectivity index (χ3n) is 4.27. The lowest BCUT2D eigenvalue weighted by Crippen LogP contribution is -2.12. The molecule has 0 bridgehead atoms. The third-order valence-corrected chi connectivity index (χ3v) is 8.22. The lowest BCUT2D eigenvalue weighted by molar-refractivity contribution is 0.592. The Balaban J connectivity index is 1.90. The molecule has 1 N–H and O–H groups in total. The first-order chi connectivity index (χ1) is 14.0. The van der Waals surface area contributed by atoms with Crippen LogP contribution in [-0.2, 0) is 19.7 Å². The molecule has 160 valence electrons. The molecular weight excluding hydrogens is 519 g/mol. The molecule has 0 aliphatic carbocycles. The maximum absolute atomic E-state index is 13.8. The van der Waals surface area contributed by atoms with E-state index in [2.05, 4.69) is 25.9 Å². The van der Waals surface area contributed by atoms with E-state index >= 15 is 0 Å². The van der Waals surface area contributed by atoms with Crippen molar-refractivity contribution >= 4 is 47.2 Å². The molecule has 1 aromatic heterocycles. The normalized spacial score (nSPS) is 12.3. The van der Waals surface area contributed by atoms with E-state index in [9.17, 15) is 21.2 Å². The Hall–Kier alpha value is -1.75. The van der Waals surface area contributed by atoms with Crippen LogP contribution in [0.25, 0.3) is 22.6 Å². The highest BCUT2D eigenvalue weighted by atomic mass is 79.9. The van der Waals surface area contributed by atoms with Crippen molar-refractivity contribution in [3.63, 3.8) is 0 Å². The van der Waals surface area contributed by atoms with Crippen molar-refractivity contribution < 1.29 is 21.2 Å². The van der Waals surface area contributed by atoms with E-state index in [0.717, 1.165) is 6.26 Å². The predicted octanol–water partition coefficient (Wildman–Crippen LogP) is 4.51. The summed E-state index contributed by atoms with van der Waals surface area (Å²) in [7, 11) is -7.05. The van der Waals surface area contributed by atoms with Crippen molar-refractivity contribution in [2.24, 2.45) is 0 Å². The maximum Gasteiger partial charge on any atom is 0.179 e. The summed E-state index contributed by atoms with van der Waals surface area (Å²) in [5.74, 6) is -0.602. The topological polar surface area (TPSA) is 97.0 Å². The summed E-state index contributed by atoms with van der Waals surface area (Å²) in [5, 5.41) is 0.0415. The van der Waals surface area contributed by atoms with Crippen LogP contribution in [0.3, 0.4) is 0 Å². The SMILES string of the molecule is CS(=O)(=O)CCCS(=O)(=O)c1cc(-c2ncc(-c3ccc(Br)c(F)c3)[nH]2)ccc1Cl. The molecule has 11 heteroatoms. The van der Waals surface area contributed by atoms with Crippen LogP contribution in [0.15, 0.2) is 52.0 Å². The zero-order valence-corrected chi connectivity index (χ0v) is 19.7. The molecule has 0 saturated carbocycles. The van der Waals surface area contributed by atoms with Crippen LogP contribution in [0.4, 0.5) is 4.39 Å². The summed E-state index contributed by atoms with van der Waals surface area (Å²) in [6.07, 6.45) is 2.55. The van der Waals surface area contributed by atoms with E-state index in [0.29, 0.717) is 27.1 Å². The number of halogens is 3. The van der Waals surface area contributed by atoms with Gasteiger partial charge in [-0.05, 0) is 52.7 Å². The Kier molecular flexibility index (Phi) is 6.71. The van der Waals surface area contributed by atoms with Gasteiger partial charge in [0.2, 0.25) is 0 Å². The van der Waals surface area contributed by atoms with Crippen LogP contribution in [0.1, 0.15) is 6.42 Å². The predicted molar refractivity (Wildman–Crippen MR) is 119 cm³/mol. The molecule has 0 aliphatic heterocycles. The minimum atomic E-state index is -3.79. The fourth-order valence-electron chi connectivity index (χ4n) is 2.79. The Bertz CT molecular complexity index is 1310. The number of hydrogen-bond donors (Lipinski definition) is 1. The standard InChI is InChI=1S/C19H17BrClFN2O4S2/c1-29(25,26)7-2-8-30(27,28)18-10-13(4-6-15(18)21)19-23-11-17(24-19)12-3-5-14(20)16(22)9-12/h3-6,9-11H,2,7-8H2,1H3,(H,23,24). The van der Waals surface area contributed by atoms with Gasteiger partial charge in [-0.1, -0.05) is 17.7 Å². The van der Waals surface area contributed by atoms with Gasteiger partial charge in [-0.2, -0.15) is 0 Å². The van der Waals surface area contributed by atoms with Gasteiger partial charge >= 0.3 is 0 Å². The van der Waals surface area contributed by atoms with E-state index in [1.54, 1.807) is 18.2 Å². The molecule has 0 aliphatic rings. The second kappa shape index (κ2) is 8.78. The Morgan fingerprint density at radius 1 is 1.07 bits per heavy atom. The number of imidazole rings is 1. The number of nitrogens with zero attached hydrogens (tertiary/aromatic N) is 1. The highest BCUT2D eigenvalue weighted by Crippen LogP contribution is 2.30. The first-order valence-corrected chi connectivity index (χ1v) is 13.6. The lowest BCUT2D eigenvalue weighted by atomic mass is 10.2. The average molecular weight is 536 g/mol. The van der Waals surface area contributed by atoms with Crippen molar-refractivity contribution in [2.75, 3.05) is 17.8 Å². The van der Waals surface area contributed by atoms with Gasteiger partial charge in [-0.25, -0.2) is 26.2 Å². The van der Waals surface area contributed by atoms with E-state index in [1.807, 2.05) is 0 Å². The van der Waals surface area contributed by atoms with Crippen LogP contribution in [0.2, 0.25) is 5.02 Å². The molecule has 0 fully saturated rings. The van der Waals surface area contributed by atoms with Crippen molar-refractivity contribution in [1.29, 1.82) is 0 Å². The Labute approximate surface area is 187 Å². The van der Waals surface area contributed by atoms with Crippen LogP contribution < -0.4 is 0 Å². The first kappa shape index (κ1) is 22.9. The molecule has 0 saturated heterocycles. The molecule has 3 aromatic rings. The van der Waals surface area contributed by atoms with Crippen molar-refractivity contribution in [1.82, 2.24) is 9.97 Å². The second-order valence-corrected chi connectivity index (χ2v) is 12.3. The largest absolute Gasteiger partial charge is 0.338 e. The number of H-pyrrole nitrogens is 1. The number of nitrogens with one attached hydrogen (secondary N) is 1. The van der Waals surface area contributed by atoms with Gasteiger partial charge in [0, 0.05) is 17.4 Å². The molecule has 1 heterocycles. The van der Waals surface area contributed by atoms with E-state index < -0.39 is 25.5 Å². The number of aromatic amines is 1. The number of aromatic nitrogens is 2. The molecular formula is C19H17BrClFN2O4S2. The summed E-state index contributed by atoms with van der Waals surface area (Å²) in [6.45, 7) is 0. The molecule has 0 atom stereocenters. The summed E-state index contributed by atoms with van der Waals surface area (Å²) in [5.41, 5.74) is 1.62. The van der Waals surface area contributed by atoms with Crippen molar-refractivity contribution in [2.45, 2.75) is 11.3 Å². The Morgan fingerprint density at radius 2 is 1.77 bits per heavy atom. The van der Waals surface area contributed by atoms with Crippen molar-refractivity contribution in [3.8, 4) is 22.6 Å². The quantitative estimate of drug-likeness (QED) is 0.480. The smallest absolute Gasteiger partial charge is 0.179 e. The van der Waals surface area contributed by atoms with E-state index in [4.69, 9.17) is 11.6 Å². The number of sulfone groups is 2. The first-order valence-electron chi connectivity index (χ1n) is 8.67. The van der Waals surface area contributed by atoms with Crippen LogP contribution in [-0.4, -0.2) is 44.6 Å². The van der Waals surface area contributed by atoms with Crippen LogP contribution in [0, 0.1) is 5.82 Å². The van der Waals surface area contributed by atoms with Crippen molar-refractivity contribution in [3.05, 3.63) is 57.9 Å². The number of rotatable bonds is 7. The molecule has 0 spiro atoms. The summed E-state index contributed by atoms with van der Waals surface area (Å²) < 4.78 is 62.0. The van der Waals surface area contributed by atoms with Gasteiger partial charge in [0.1, 0.15) is 21.5 Å². The van der Waals surface area contributed by atoms with Gasteiger partial charge < -0.3 is 4.98 Å². The molecule has 3 rings (SSSR count). The van der Waals surface area contributed by atoms with Gasteiger partial charge in [-0.15, -0.1) is 0 Å². The van der Waals surface area contributed by atoms with Gasteiger partial charge in [0.05, 0.1) is 37.8 Å². The van der Waals surface area contributed by atoms with Crippen LogP contribution in [0.5, 0.6) is 0 Å². The zero-order chi connectivity index (χ0) is 22.1. The van der Waals surface area contributed by atoms with E-state index in [-0.39, 0.29) is 27.8 Å². The molecule has 0 unspecified atom stereocenters. The monoisotopic (exact) mass is 534 g/mol. The molecule has 6 nitrogen and oxygen atoms in total. The van der Waals surface area contributed by atoms with Crippen LogP contribution >= 0.6 is 27.5 Å². The highest BCUT2D eigenvalue weighted by molar-refractivity contribution is 9.10.